The Morgan fingerprint density at radius 3 is 2.59 bits per heavy atom. The van der Waals surface area contributed by atoms with E-state index in [0.29, 0.717) is 31.4 Å². The maximum absolute atomic E-state index is 14.3. The Labute approximate surface area is 158 Å². The Bertz CT molecular complexity index is 789. The zero-order valence-corrected chi connectivity index (χ0v) is 16.0. The van der Waals surface area contributed by atoms with Gasteiger partial charge < -0.3 is 15.0 Å². The summed E-state index contributed by atoms with van der Waals surface area (Å²) in [6, 6.07) is 3.72. The Kier molecular flexibility index (Phi) is 5.24. The van der Waals surface area contributed by atoms with Crippen molar-refractivity contribution in [2.75, 3.05) is 36.5 Å². The van der Waals surface area contributed by atoms with E-state index in [4.69, 9.17) is 9.72 Å². The van der Waals surface area contributed by atoms with Crippen molar-refractivity contribution in [1.82, 2.24) is 19.7 Å². The van der Waals surface area contributed by atoms with Crippen molar-refractivity contribution in [2.45, 2.75) is 51.7 Å². The Morgan fingerprint density at radius 2 is 1.89 bits per heavy atom. The van der Waals surface area contributed by atoms with Gasteiger partial charge in [-0.15, -0.1) is 0 Å². The number of hydrogen-bond donors (Lipinski definition) is 1. The third-order valence-corrected chi connectivity index (χ3v) is 5.25. The van der Waals surface area contributed by atoms with Crippen LogP contribution < -0.4 is 10.2 Å². The van der Waals surface area contributed by atoms with Crippen LogP contribution in [0.15, 0.2) is 12.1 Å². The maximum Gasteiger partial charge on any atom is 0.254 e. The highest BCUT2D eigenvalue weighted by molar-refractivity contribution is 5.52. The fraction of sp³-hybridized carbons (Fsp3) is 0.632. The van der Waals surface area contributed by atoms with Crippen molar-refractivity contribution in [3.8, 4) is 5.95 Å². The van der Waals surface area contributed by atoms with Crippen molar-refractivity contribution in [1.29, 1.82) is 0 Å². The molecule has 0 radical (unpaired) electrons. The van der Waals surface area contributed by atoms with Gasteiger partial charge in [0.25, 0.3) is 5.95 Å². The molecule has 27 heavy (non-hydrogen) atoms. The lowest BCUT2D eigenvalue weighted by Crippen LogP contribution is -2.37. The molecule has 1 aliphatic carbocycles. The summed E-state index contributed by atoms with van der Waals surface area (Å²) < 4.78 is 21.5. The average molecular weight is 374 g/mol. The standard InChI is InChI=1S/C19H27FN6O/c1-13-11-14(2)26(24-13)19-22-17(21-16-6-4-3-5-15(16)20)12-18(23-19)25-7-9-27-10-8-25/h11-12,15-16H,3-10H2,1-2H3,(H,21,22,23)/t15-,16-/m1/s1. The van der Waals surface area contributed by atoms with Crippen LogP contribution >= 0.6 is 0 Å². The number of rotatable bonds is 4. The molecule has 1 saturated heterocycles. The van der Waals surface area contributed by atoms with Crippen molar-refractivity contribution in [2.24, 2.45) is 0 Å². The predicted molar refractivity (Wildman–Crippen MR) is 102 cm³/mol. The van der Waals surface area contributed by atoms with Crippen LogP contribution in [0, 0.1) is 13.8 Å². The molecule has 2 fully saturated rings. The van der Waals surface area contributed by atoms with Gasteiger partial charge >= 0.3 is 0 Å². The van der Waals surface area contributed by atoms with E-state index < -0.39 is 6.17 Å². The molecule has 8 heteroatoms. The zero-order chi connectivity index (χ0) is 18.8. The van der Waals surface area contributed by atoms with Crippen LogP contribution in [0.1, 0.15) is 37.1 Å². The van der Waals surface area contributed by atoms with E-state index in [1.54, 1.807) is 4.68 Å². The van der Waals surface area contributed by atoms with Crippen LogP contribution in [0.4, 0.5) is 16.0 Å². The zero-order valence-electron chi connectivity index (χ0n) is 16.0. The van der Waals surface area contributed by atoms with Gasteiger partial charge in [-0.3, -0.25) is 0 Å². The summed E-state index contributed by atoms with van der Waals surface area (Å²) in [6.07, 6.45) is 2.61. The molecule has 0 spiro atoms. The highest BCUT2D eigenvalue weighted by Crippen LogP contribution is 2.26. The molecule has 0 aromatic carbocycles. The molecule has 0 bridgehead atoms. The van der Waals surface area contributed by atoms with Crippen molar-refractivity contribution >= 4 is 11.6 Å². The van der Waals surface area contributed by atoms with Gasteiger partial charge in [0.15, 0.2) is 0 Å². The van der Waals surface area contributed by atoms with Gasteiger partial charge in [-0.25, -0.2) is 9.07 Å². The minimum absolute atomic E-state index is 0.195. The van der Waals surface area contributed by atoms with E-state index in [1.165, 1.54) is 0 Å². The Balaban J connectivity index is 1.68. The number of nitrogens with zero attached hydrogens (tertiary/aromatic N) is 5. The molecule has 1 aliphatic heterocycles. The largest absolute Gasteiger partial charge is 0.378 e. The fourth-order valence-electron chi connectivity index (χ4n) is 3.81. The van der Waals surface area contributed by atoms with Crippen LogP contribution in [-0.2, 0) is 4.74 Å². The number of aromatic nitrogens is 4. The Morgan fingerprint density at radius 1 is 1.11 bits per heavy atom. The van der Waals surface area contributed by atoms with Crippen LogP contribution in [0.3, 0.4) is 0 Å². The van der Waals surface area contributed by atoms with Gasteiger partial charge in [0.1, 0.15) is 17.8 Å². The number of hydrogen-bond acceptors (Lipinski definition) is 6. The van der Waals surface area contributed by atoms with E-state index in [2.05, 4.69) is 20.3 Å². The smallest absolute Gasteiger partial charge is 0.254 e. The van der Waals surface area contributed by atoms with Gasteiger partial charge in [-0.05, 0) is 32.8 Å². The number of anilines is 2. The van der Waals surface area contributed by atoms with Crippen LogP contribution in [0.25, 0.3) is 5.95 Å². The average Bonchev–Trinajstić information content (AvgIpc) is 3.02. The number of ether oxygens (including phenoxy) is 1. The molecular formula is C19H27FN6O. The van der Waals surface area contributed by atoms with Crippen molar-refractivity contribution in [3.05, 3.63) is 23.5 Å². The summed E-state index contributed by atoms with van der Waals surface area (Å²) in [4.78, 5) is 11.6. The van der Waals surface area contributed by atoms with Gasteiger partial charge in [0.05, 0.1) is 24.9 Å². The minimum atomic E-state index is -0.835. The summed E-state index contributed by atoms with van der Waals surface area (Å²) in [5.74, 6) is 1.99. The van der Waals surface area contributed by atoms with E-state index in [0.717, 1.165) is 49.6 Å². The minimum Gasteiger partial charge on any atom is -0.378 e. The monoisotopic (exact) mass is 374 g/mol. The van der Waals surface area contributed by atoms with Gasteiger partial charge in [-0.2, -0.15) is 15.1 Å². The fourth-order valence-corrected chi connectivity index (χ4v) is 3.81. The van der Waals surface area contributed by atoms with E-state index in [1.807, 2.05) is 26.0 Å². The Hall–Kier alpha value is -2.22. The summed E-state index contributed by atoms with van der Waals surface area (Å²) in [5, 5.41) is 7.84. The molecule has 146 valence electrons. The summed E-state index contributed by atoms with van der Waals surface area (Å²) >= 11 is 0. The van der Waals surface area contributed by atoms with Crippen molar-refractivity contribution in [3.63, 3.8) is 0 Å². The number of nitrogens with one attached hydrogen (secondary N) is 1. The first-order valence-electron chi connectivity index (χ1n) is 9.76. The molecule has 2 aromatic heterocycles. The topological polar surface area (TPSA) is 68.1 Å². The number of aryl methyl sites for hydroxylation is 2. The van der Waals surface area contributed by atoms with E-state index in [9.17, 15) is 4.39 Å². The van der Waals surface area contributed by atoms with Crippen LogP contribution in [0.5, 0.6) is 0 Å². The summed E-state index contributed by atoms with van der Waals surface area (Å²) in [5.41, 5.74) is 1.89. The summed E-state index contributed by atoms with van der Waals surface area (Å²) in [7, 11) is 0. The first kappa shape index (κ1) is 18.2. The lowest BCUT2D eigenvalue weighted by atomic mass is 9.94. The first-order valence-corrected chi connectivity index (χ1v) is 9.76. The second-order valence-corrected chi connectivity index (χ2v) is 7.40. The third-order valence-electron chi connectivity index (χ3n) is 5.25. The quantitative estimate of drug-likeness (QED) is 0.888. The molecular weight excluding hydrogens is 347 g/mol. The van der Waals surface area contributed by atoms with Gasteiger partial charge in [-0.1, -0.05) is 12.8 Å². The number of halogens is 1. The van der Waals surface area contributed by atoms with Gasteiger partial charge in [0, 0.05) is 24.8 Å². The highest BCUT2D eigenvalue weighted by atomic mass is 19.1. The molecule has 0 amide bonds. The summed E-state index contributed by atoms with van der Waals surface area (Å²) in [6.45, 7) is 6.85. The predicted octanol–water partition coefficient (Wildman–Crippen LogP) is 2.81. The molecule has 1 saturated carbocycles. The molecule has 4 rings (SSSR count). The molecule has 7 nitrogen and oxygen atoms in total. The van der Waals surface area contributed by atoms with Gasteiger partial charge in [0.2, 0.25) is 0 Å². The van der Waals surface area contributed by atoms with Crippen LogP contribution in [-0.4, -0.2) is 58.3 Å². The molecule has 2 aromatic rings. The number of alkyl halides is 1. The molecule has 2 atom stereocenters. The second-order valence-electron chi connectivity index (χ2n) is 7.40. The second kappa shape index (κ2) is 7.80. The third kappa shape index (κ3) is 4.05. The van der Waals surface area contributed by atoms with E-state index >= 15 is 0 Å². The van der Waals surface area contributed by atoms with Crippen molar-refractivity contribution < 1.29 is 9.13 Å². The molecule has 2 aliphatic rings. The lowest BCUT2D eigenvalue weighted by Gasteiger charge is -2.30. The molecule has 3 heterocycles. The normalized spacial score (nSPS) is 23.4. The molecule has 0 unspecified atom stereocenters. The highest BCUT2D eigenvalue weighted by Gasteiger charge is 2.26. The number of morpholine rings is 1. The van der Waals surface area contributed by atoms with Crippen LogP contribution in [0.2, 0.25) is 0 Å². The first-order chi connectivity index (χ1) is 13.1. The maximum atomic E-state index is 14.3. The molecule has 1 N–H and O–H groups in total. The SMILES string of the molecule is Cc1cc(C)n(-c2nc(N[C@@H]3CCCC[C@H]3F)cc(N3CCOCC3)n2)n1. The lowest BCUT2D eigenvalue weighted by molar-refractivity contribution is 0.122. The van der Waals surface area contributed by atoms with E-state index in [-0.39, 0.29) is 6.04 Å².